The predicted molar refractivity (Wildman–Crippen MR) is 118 cm³/mol. The molecule has 2 aromatic rings. The summed E-state index contributed by atoms with van der Waals surface area (Å²) >= 11 is 0. The molecule has 0 fully saturated rings. The lowest BCUT2D eigenvalue weighted by molar-refractivity contribution is 0.214. The first-order valence-electron chi connectivity index (χ1n) is 10.3. The molecule has 0 unspecified atom stereocenters. The lowest BCUT2D eigenvalue weighted by atomic mass is 9.84. The van der Waals surface area contributed by atoms with Crippen LogP contribution in [0.25, 0.3) is 0 Å². The van der Waals surface area contributed by atoms with E-state index in [1.807, 2.05) is 0 Å². The maximum absolute atomic E-state index is 6.50. The Morgan fingerprint density at radius 3 is 2.31 bits per heavy atom. The summed E-state index contributed by atoms with van der Waals surface area (Å²) in [6.45, 7) is 12.1. The molecular formula is C24H32O4Si. The van der Waals surface area contributed by atoms with E-state index in [1.54, 1.807) is 14.2 Å². The Morgan fingerprint density at radius 2 is 1.66 bits per heavy atom. The van der Waals surface area contributed by atoms with Gasteiger partial charge in [0, 0.05) is 23.5 Å². The molecule has 2 aromatic carbocycles. The van der Waals surface area contributed by atoms with Gasteiger partial charge >= 0.3 is 0 Å². The van der Waals surface area contributed by atoms with E-state index in [1.165, 1.54) is 16.7 Å². The number of hydrogen-bond acceptors (Lipinski definition) is 4. The Labute approximate surface area is 175 Å². The van der Waals surface area contributed by atoms with Crippen LogP contribution in [0.15, 0.2) is 30.3 Å². The third-order valence-electron chi connectivity index (χ3n) is 6.89. The molecule has 0 aromatic heterocycles. The molecule has 156 valence electrons. The average molecular weight is 413 g/mol. The molecule has 1 heterocycles. The molecule has 2 aliphatic rings. The molecule has 4 rings (SSSR count). The molecule has 0 saturated carbocycles. The molecule has 0 spiro atoms. The first kappa shape index (κ1) is 20.1. The summed E-state index contributed by atoms with van der Waals surface area (Å²) in [7, 11) is 1.50. The van der Waals surface area contributed by atoms with E-state index in [9.17, 15) is 0 Å². The van der Waals surface area contributed by atoms with Crippen LogP contribution < -0.4 is 18.6 Å². The fourth-order valence-electron chi connectivity index (χ4n) is 4.24. The number of rotatable bonds is 4. The highest BCUT2D eigenvalue weighted by atomic mass is 28.4. The second kappa shape index (κ2) is 6.98. The monoisotopic (exact) mass is 412 g/mol. The van der Waals surface area contributed by atoms with Crippen molar-refractivity contribution >= 4 is 8.32 Å². The van der Waals surface area contributed by atoms with E-state index in [-0.39, 0.29) is 5.04 Å². The lowest BCUT2D eigenvalue weighted by Crippen LogP contribution is -2.43. The zero-order valence-electron chi connectivity index (χ0n) is 18.6. The molecule has 0 N–H and O–H groups in total. The highest BCUT2D eigenvalue weighted by Crippen LogP contribution is 2.51. The van der Waals surface area contributed by atoms with Crippen LogP contribution in [-0.2, 0) is 6.42 Å². The molecule has 0 amide bonds. The van der Waals surface area contributed by atoms with E-state index >= 15 is 0 Å². The van der Waals surface area contributed by atoms with Gasteiger partial charge in [0.25, 0.3) is 0 Å². The van der Waals surface area contributed by atoms with Gasteiger partial charge in [-0.3, -0.25) is 0 Å². The summed E-state index contributed by atoms with van der Waals surface area (Å²) in [6, 6.07) is 10.7. The van der Waals surface area contributed by atoms with E-state index in [0.29, 0.717) is 11.8 Å². The van der Waals surface area contributed by atoms with E-state index in [4.69, 9.17) is 18.6 Å². The van der Waals surface area contributed by atoms with Crippen molar-refractivity contribution < 1.29 is 18.6 Å². The van der Waals surface area contributed by atoms with Gasteiger partial charge in [-0.1, -0.05) is 26.8 Å². The summed E-state index contributed by atoms with van der Waals surface area (Å²) in [5.74, 6) is 4.23. The van der Waals surface area contributed by atoms with Crippen molar-refractivity contribution in [2.24, 2.45) is 5.92 Å². The van der Waals surface area contributed by atoms with Crippen molar-refractivity contribution in [3.63, 3.8) is 0 Å². The predicted octanol–water partition coefficient (Wildman–Crippen LogP) is 5.78. The number of benzene rings is 2. The van der Waals surface area contributed by atoms with Crippen molar-refractivity contribution in [2.75, 3.05) is 20.8 Å². The van der Waals surface area contributed by atoms with Crippen molar-refractivity contribution in [2.45, 2.75) is 51.2 Å². The van der Waals surface area contributed by atoms with Gasteiger partial charge in [0.1, 0.15) is 11.5 Å². The molecule has 29 heavy (non-hydrogen) atoms. The number of hydrogen-bond donors (Lipinski definition) is 0. The second-order valence-electron chi connectivity index (χ2n) is 9.72. The summed E-state index contributed by atoms with van der Waals surface area (Å²) in [4.78, 5) is 0. The Bertz CT molecular complexity index is 929. The third-order valence-corrected chi connectivity index (χ3v) is 11.2. The van der Waals surface area contributed by atoms with Crippen LogP contribution in [0.2, 0.25) is 18.1 Å². The molecular weight excluding hydrogens is 380 g/mol. The summed E-state index contributed by atoms with van der Waals surface area (Å²) in [6.07, 6.45) is 1.00. The highest BCUT2D eigenvalue weighted by molar-refractivity contribution is 6.74. The number of methoxy groups -OCH3 is 2. The Balaban J connectivity index is 1.70. The van der Waals surface area contributed by atoms with Crippen LogP contribution >= 0.6 is 0 Å². The molecule has 4 nitrogen and oxygen atoms in total. The van der Waals surface area contributed by atoms with Gasteiger partial charge in [-0.25, -0.2) is 0 Å². The number of ether oxygens (including phenoxy) is 3. The average Bonchev–Trinajstić information content (AvgIpc) is 3.03. The SMILES string of the molecule is COc1cc2c(cc1OC)[C@H]1c3ccc(O[Si](C)(C)C(C)(C)C)cc3OC[C@H]1C2. The molecule has 0 radical (unpaired) electrons. The van der Waals surface area contributed by atoms with Crippen molar-refractivity contribution in [3.8, 4) is 23.0 Å². The molecule has 1 aliphatic heterocycles. The van der Waals surface area contributed by atoms with Crippen molar-refractivity contribution in [3.05, 3.63) is 47.0 Å². The standard InChI is InChI=1S/C24H32O4Si/c1-24(2,3)29(6,7)28-17-8-9-18-20(12-17)27-14-16-10-15-11-21(25-4)22(26-5)13-19(15)23(16)18/h8-9,11-13,16,23H,10,14H2,1-7H3/t16-,23-/m1/s1. The first-order chi connectivity index (χ1) is 13.6. The van der Waals surface area contributed by atoms with Crippen LogP contribution in [0, 0.1) is 5.92 Å². The topological polar surface area (TPSA) is 36.9 Å². The highest BCUT2D eigenvalue weighted by Gasteiger charge is 2.41. The van der Waals surface area contributed by atoms with E-state index < -0.39 is 8.32 Å². The van der Waals surface area contributed by atoms with Crippen LogP contribution in [0.3, 0.4) is 0 Å². The minimum Gasteiger partial charge on any atom is -0.543 e. The molecule has 0 saturated heterocycles. The van der Waals surface area contributed by atoms with Gasteiger partial charge in [0.05, 0.1) is 20.8 Å². The Morgan fingerprint density at radius 1 is 0.966 bits per heavy atom. The Kier molecular flexibility index (Phi) is 4.85. The maximum atomic E-state index is 6.50. The Hall–Kier alpha value is -2.14. The minimum absolute atomic E-state index is 0.162. The zero-order valence-corrected chi connectivity index (χ0v) is 19.6. The van der Waals surface area contributed by atoms with E-state index in [0.717, 1.165) is 36.0 Å². The quantitative estimate of drug-likeness (QED) is 0.596. The van der Waals surface area contributed by atoms with Gasteiger partial charge in [-0.2, -0.15) is 0 Å². The first-order valence-corrected chi connectivity index (χ1v) is 13.3. The summed E-state index contributed by atoms with van der Waals surface area (Å²) < 4.78 is 23.8. The van der Waals surface area contributed by atoms with Gasteiger partial charge in [-0.15, -0.1) is 0 Å². The summed E-state index contributed by atoms with van der Waals surface area (Å²) in [5.41, 5.74) is 3.90. The van der Waals surface area contributed by atoms with Gasteiger partial charge in [0.2, 0.25) is 8.32 Å². The molecule has 5 heteroatoms. The largest absolute Gasteiger partial charge is 0.543 e. The molecule has 1 aliphatic carbocycles. The van der Waals surface area contributed by atoms with Gasteiger partial charge in [0.15, 0.2) is 11.5 Å². The fraction of sp³-hybridized carbons (Fsp3) is 0.500. The normalized spacial score (nSPS) is 20.2. The maximum Gasteiger partial charge on any atom is 0.250 e. The van der Waals surface area contributed by atoms with Crippen LogP contribution in [0.1, 0.15) is 43.4 Å². The minimum atomic E-state index is -1.88. The fourth-order valence-corrected chi connectivity index (χ4v) is 5.26. The van der Waals surface area contributed by atoms with E-state index in [2.05, 4.69) is 64.2 Å². The number of fused-ring (bicyclic) bond motifs is 5. The zero-order chi connectivity index (χ0) is 21.0. The molecule has 0 bridgehead atoms. The van der Waals surface area contributed by atoms with Gasteiger partial charge < -0.3 is 18.6 Å². The summed E-state index contributed by atoms with van der Waals surface area (Å²) in [5, 5.41) is 0.162. The third kappa shape index (κ3) is 3.39. The lowest BCUT2D eigenvalue weighted by Gasteiger charge is -2.37. The van der Waals surface area contributed by atoms with Crippen LogP contribution in [-0.4, -0.2) is 29.1 Å². The molecule has 2 atom stereocenters. The van der Waals surface area contributed by atoms with Gasteiger partial charge in [-0.05, 0) is 53.9 Å². The van der Waals surface area contributed by atoms with Crippen LogP contribution in [0.5, 0.6) is 23.0 Å². The van der Waals surface area contributed by atoms with Crippen LogP contribution in [0.4, 0.5) is 0 Å². The van der Waals surface area contributed by atoms with Crippen molar-refractivity contribution in [1.29, 1.82) is 0 Å². The van der Waals surface area contributed by atoms with Crippen molar-refractivity contribution in [1.82, 2.24) is 0 Å². The second-order valence-corrected chi connectivity index (χ2v) is 14.4. The smallest absolute Gasteiger partial charge is 0.250 e.